The Labute approximate surface area is 142 Å². The third-order valence-corrected chi connectivity index (χ3v) is 4.15. The molecule has 0 bridgehead atoms. The molecule has 7 nitrogen and oxygen atoms in total. The molecule has 0 spiro atoms. The molecule has 0 aliphatic carbocycles. The maximum atomic E-state index is 12.0. The second-order valence-corrected chi connectivity index (χ2v) is 6.07. The lowest BCUT2D eigenvalue weighted by molar-refractivity contribution is -0.122. The number of hydrogen-bond acceptors (Lipinski definition) is 6. The fourth-order valence-corrected chi connectivity index (χ4v) is 2.92. The second-order valence-electron chi connectivity index (χ2n) is 4.88. The van der Waals surface area contributed by atoms with Crippen LogP contribution in [0.25, 0.3) is 0 Å². The number of nitrogens with zero attached hydrogens (tertiary/aromatic N) is 2. The van der Waals surface area contributed by atoms with Gasteiger partial charge in [-0.1, -0.05) is 30.0 Å². The van der Waals surface area contributed by atoms with Crippen molar-refractivity contribution >= 4 is 40.6 Å². The minimum atomic E-state index is -0.522. The van der Waals surface area contributed by atoms with Crippen molar-refractivity contribution in [3.05, 3.63) is 54.5 Å². The molecule has 2 heterocycles. The molecule has 1 fully saturated rings. The molecule has 1 saturated heterocycles. The first-order chi connectivity index (χ1) is 11.7. The van der Waals surface area contributed by atoms with Crippen molar-refractivity contribution in [1.29, 1.82) is 0 Å². The fraction of sp³-hybridized carbons (Fsp3) is 0.125. The molecule has 2 aromatic rings. The molecule has 8 heteroatoms. The Hall–Kier alpha value is -2.87. The summed E-state index contributed by atoms with van der Waals surface area (Å²) in [4.78, 5) is 23.9. The number of furan rings is 1. The largest absolute Gasteiger partial charge is 0.463 e. The van der Waals surface area contributed by atoms with Gasteiger partial charge in [0.15, 0.2) is 5.17 Å². The lowest BCUT2D eigenvalue weighted by Crippen LogP contribution is -2.28. The van der Waals surface area contributed by atoms with Gasteiger partial charge in [-0.2, -0.15) is 5.10 Å². The summed E-state index contributed by atoms with van der Waals surface area (Å²) in [5.74, 6) is 0.0804. The van der Waals surface area contributed by atoms with Crippen molar-refractivity contribution in [2.45, 2.75) is 11.7 Å². The molecule has 3 rings (SSSR count). The van der Waals surface area contributed by atoms with E-state index < -0.39 is 5.25 Å². The van der Waals surface area contributed by atoms with Crippen LogP contribution in [0.1, 0.15) is 12.2 Å². The number of nitrogens with one attached hydrogen (secondary N) is 2. The van der Waals surface area contributed by atoms with E-state index in [2.05, 4.69) is 20.8 Å². The van der Waals surface area contributed by atoms with Crippen LogP contribution in [0.3, 0.4) is 0 Å². The Kier molecular flexibility index (Phi) is 5.07. The van der Waals surface area contributed by atoms with Crippen molar-refractivity contribution < 1.29 is 14.0 Å². The van der Waals surface area contributed by atoms with Crippen LogP contribution >= 0.6 is 11.8 Å². The van der Waals surface area contributed by atoms with Crippen molar-refractivity contribution in [2.75, 3.05) is 5.32 Å². The van der Waals surface area contributed by atoms with Crippen LogP contribution in [0, 0.1) is 0 Å². The van der Waals surface area contributed by atoms with Gasteiger partial charge < -0.3 is 15.1 Å². The number of carbonyl (C=O) groups excluding carboxylic acids is 2. The van der Waals surface area contributed by atoms with Gasteiger partial charge in [-0.3, -0.25) is 9.59 Å². The smallest absolute Gasteiger partial charge is 0.240 e. The first-order valence-electron chi connectivity index (χ1n) is 7.17. The summed E-state index contributed by atoms with van der Waals surface area (Å²) in [6.45, 7) is 0. The number of rotatable bonds is 5. The van der Waals surface area contributed by atoms with Gasteiger partial charge in [0, 0.05) is 12.1 Å². The van der Waals surface area contributed by atoms with E-state index in [0.29, 0.717) is 16.6 Å². The Morgan fingerprint density at radius 2 is 2.12 bits per heavy atom. The number of thioether (sulfide) groups is 1. The van der Waals surface area contributed by atoms with Crippen LogP contribution < -0.4 is 10.6 Å². The fourth-order valence-electron chi connectivity index (χ4n) is 1.99. The number of anilines is 1. The van der Waals surface area contributed by atoms with Crippen LogP contribution in [0.4, 0.5) is 5.69 Å². The number of benzene rings is 1. The van der Waals surface area contributed by atoms with Gasteiger partial charge >= 0.3 is 0 Å². The zero-order chi connectivity index (χ0) is 16.8. The van der Waals surface area contributed by atoms with E-state index in [-0.39, 0.29) is 18.2 Å². The van der Waals surface area contributed by atoms with Crippen LogP contribution in [0.2, 0.25) is 0 Å². The molecule has 122 valence electrons. The Morgan fingerprint density at radius 3 is 2.88 bits per heavy atom. The van der Waals surface area contributed by atoms with E-state index in [1.165, 1.54) is 24.2 Å². The maximum absolute atomic E-state index is 12.0. The van der Waals surface area contributed by atoms with Gasteiger partial charge in [0.2, 0.25) is 11.8 Å². The molecular formula is C16H14N4O3S. The molecule has 0 radical (unpaired) electrons. The maximum Gasteiger partial charge on any atom is 0.240 e. The highest BCUT2D eigenvalue weighted by Gasteiger charge is 2.32. The summed E-state index contributed by atoms with van der Waals surface area (Å²) in [5, 5.41) is 13.0. The molecule has 1 aromatic heterocycles. The number of para-hydroxylation sites is 1. The van der Waals surface area contributed by atoms with Crippen LogP contribution in [0.5, 0.6) is 0 Å². The van der Waals surface area contributed by atoms with Crippen molar-refractivity contribution in [3.63, 3.8) is 0 Å². The molecular weight excluding hydrogens is 328 g/mol. The van der Waals surface area contributed by atoms with Gasteiger partial charge in [0.05, 0.1) is 12.5 Å². The van der Waals surface area contributed by atoms with Crippen LogP contribution in [-0.4, -0.2) is 28.4 Å². The minimum Gasteiger partial charge on any atom is -0.463 e. The minimum absolute atomic E-state index is 0.0618. The summed E-state index contributed by atoms with van der Waals surface area (Å²) < 4.78 is 5.08. The summed E-state index contributed by atoms with van der Waals surface area (Å²) in [5.41, 5.74) is 0.697. The predicted molar refractivity (Wildman–Crippen MR) is 92.9 cm³/mol. The molecule has 2 N–H and O–H groups in total. The average molecular weight is 342 g/mol. The Balaban J connectivity index is 1.54. The molecule has 24 heavy (non-hydrogen) atoms. The number of carbonyl (C=O) groups is 2. The first kappa shape index (κ1) is 16.0. The monoisotopic (exact) mass is 342 g/mol. The number of amidine groups is 1. The average Bonchev–Trinajstić information content (AvgIpc) is 3.19. The lowest BCUT2D eigenvalue weighted by Gasteiger charge is -2.06. The molecule has 0 saturated carbocycles. The van der Waals surface area contributed by atoms with Gasteiger partial charge in [-0.25, -0.2) is 0 Å². The first-order valence-corrected chi connectivity index (χ1v) is 8.05. The van der Waals surface area contributed by atoms with Gasteiger partial charge in [-0.15, -0.1) is 5.10 Å². The van der Waals surface area contributed by atoms with E-state index in [1.54, 1.807) is 24.3 Å². The van der Waals surface area contributed by atoms with E-state index in [9.17, 15) is 9.59 Å². The quantitative estimate of drug-likeness (QED) is 0.643. The molecule has 1 unspecified atom stereocenters. The number of amides is 2. The summed E-state index contributed by atoms with van der Waals surface area (Å²) in [6, 6.07) is 12.6. The number of hydrogen-bond donors (Lipinski definition) is 2. The van der Waals surface area contributed by atoms with E-state index in [4.69, 9.17) is 4.42 Å². The highest BCUT2D eigenvalue weighted by molar-refractivity contribution is 8.15. The Morgan fingerprint density at radius 1 is 1.29 bits per heavy atom. The topological polar surface area (TPSA) is 96.1 Å². The standard InChI is InChI=1S/C16H14N4O3S/c21-14(18-11-5-2-1-3-6-11)9-13-15(22)19-16(24-13)20-17-10-12-7-4-8-23-12/h1-8,10,13H,9H2,(H,18,21)(H,19,20,22). The summed E-state index contributed by atoms with van der Waals surface area (Å²) >= 11 is 1.18. The SMILES string of the molecule is O=C(CC1SC(=NN=Cc2ccco2)NC1=O)Nc1ccccc1. The Bertz CT molecular complexity index is 772. The van der Waals surface area contributed by atoms with Crippen molar-refractivity contribution in [2.24, 2.45) is 10.2 Å². The molecule has 1 atom stereocenters. The molecule has 1 aliphatic heterocycles. The summed E-state index contributed by atoms with van der Waals surface area (Å²) in [7, 11) is 0. The lowest BCUT2D eigenvalue weighted by atomic mass is 10.2. The highest BCUT2D eigenvalue weighted by Crippen LogP contribution is 2.23. The third-order valence-electron chi connectivity index (χ3n) is 3.08. The van der Waals surface area contributed by atoms with Gasteiger partial charge in [0.1, 0.15) is 11.0 Å². The van der Waals surface area contributed by atoms with E-state index >= 15 is 0 Å². The second kappa shape index (κ2) is 7.60. The van der Waals surface area contributed by atoms with Crippen LogP contribution in [-0.2, 0) is 9.59 Å². The van der Waals surface area contributed by atoms with Crippen LogP contribution in [0.15, 0.2) is 63.3 Å². The van der Waals surface area contributed by atoms with Crippen molar-refractivity contribution in [1.82, 2.24) is 5.32 Å². The summed E-state index contributed by atoms with van der Waals surface area (Å²) in [6.07, 6.45) is 3.03. The van der Waals surface area contributed by atoms with Crippen molar-refractivity contribution in [3.8, 4) is 0 Å². The molecule has 2 amide bonds. The van der Waals surface area contributed by atoms with Gasteiger partial charge in [0.25, 0.3) is 0 Å². The normalized spacial score (nSPS) is 18.9. The highest BCUT2D eigenvalue weighted by atomic mass is 32.2. The zero-order valence-electron chi connectivity index (χ0n) is 12.5. The third kappa shape index (κ3) is 4.32. The molecule has 1 aromatic carbocycles. The molecule has 1 aliphatic rings. The van der Waals surface area contributed by atoms with E-state index in [1.807, 2.05) is 18.2 Å². The predicted octanol–water partition coefficient (Wildman–Crippen LogP) is 2.23. The van der Waals surface area contributed by atoms with E-state index in [0.717, 1.165) is 0 Å². The zero-order valence-corrected chi connectivity index (χ0v) is 13.3. The van der Waals surface area contributed by atoms with Gasteiger partial charge in [-0.05, 0) is 24.3 Å².